The molecule has 0 spiro atoms. The SMILES string of the molecule is CCOc1cc(OCC)c([N+](=O)[O-])cc1/C=C(/C#N)c1nc(-c2ccc(Cl)cc2)cs1. The first-order valence-electron chi connectivity index (χ1n) is 9.38. The average Bonchev–Trinajstić information content (AvgIpc) is 3.24. The lowest BCUT2D eigenvalue weighted by molar-refractivity contribution is -0.385. The first-order chi connectivity index (χ1) is 15.0. The highest BCUT2D eigenvalue weighted by atomic mass is 35.5. The van der Waals surface area contributed by atoms with E-state index in [0.29, 0.717) is 33.6 Å². The number of halogens is 1. The van der Waals surface area contributed by atoms with Gasteiger partial charge in [-0.15, -0.1) is 11.3 Å². The van der Waals surface area contributed by atoms with Gasteiger partial charge < -0.3 is 9.47 Å². The fourth-order valence-electron chi connectivity index (χ4n) is 2.82. The summed E-state index contributed by atoms with van der Waals surface area (Å²) in [7, 11) is 0. The van der Waals surface area contributed by atoms with Gasteiger partial charge in [-0.2, -0.15) is 5.26 Å². The third kappa shape index (κ3) is 5.20. The van der Waals surface area contributed by atoms with Crippen molar-refractivity contribution in [2.24, 2.45) is 0 Å². The van der Waals surface area contributed by atoms with E-state index in [0.717, 1.165) is 5.56 Å². The summed E-state index contributed by atoms with van der Waals surface area (Å²) in [6.07, 6.45) is 1.54. The minimum atomic E-state index is -0.522. The van der Waals surface area contributed by atoms with Crippen LogP contribution in [0.2, 0.25) is 5.02 Å². The van der Waals surface area contributed by atoms with Crippen LogP contribution in [-0.2, 0) is 0 Å². The van der Waals surface area contributed by atoms with Gasteiger partial charge in [-0.1, -0.05) is 23.7 Å². The Balaban J connectivity index is 2.05. The number of ether oxygens (including phenoxy) is 2. The molecule has 0 fully saturated rings. The highest BCUT2D eigenvalue weighted by Crippen LogP contribution is 2.37. The number of nitro groups is 1. The van der Waals surface area contributed by atoms with E-state index in [9.17, 15) is 15.4 Å². The van der Waals surface area contributed by atoms with Crippen LogP contribution in [0, 0.1) is 21.4 Å². The van der Waals surface area contributed by atoms with E-state index in [4.69, 9.17) is 21.1 Å². The second kappa shape index (κ2) is 10.1. The molecule has 2 aromatic carbocycles. The predicted molar refractivity (Wildman–Crippen MR) is 121 cm³/mol. The monoisotopic (exact) mass is 455 g/mol. The zero-order chi connectivity index (χ0) is 22.4. The van der Waals surface area contributed by atoms with E-state index in [1.54, 1.807) is 26.0 Å². The van der Waals surface area contributed by atoms with Gasteiger partial charge in [0.1, 0.15) is 16.8 Å². The van der Waals surface area contributed by atoms with E-state index in [1.807, 2.05) is 17.5 Å². The van der Waals surface area contributed by atoms with Gasteiger partial charge in [-0.25, -0.2) is 4.98 Å². The van der Waals surface area contributed by atoms with Gasteiger partial charge in [-0.05, 0) is 32.1 Å². The molecule has 7 nitrogen and oxygen atoms in total. The molecule has 0 aliphatic rings. The summed E-state index contributed by atoms with van der Waals surface area (Å²) in [5, 5.41) is 24.2. The average molecular weight is 456 g/mol. The largest absolute Gasteiger partial charge is 0.493 e. The minimum Gasteiger partial charge on any atom is -0.493 e. The molecule has 0 aliphatic heterocycles. The van der Waals surface area contributed by atoms with Crippen LogP contribution in [0.4, 0.5) is 5.69 Å². The smallest absolute Gasteiger partial charge is 0.311 e. The van der Waals surface area contributed by atoms with E-state index in [-0.39, 0.29) is 23.6 Å². The van der Waals surface area contributed by atoms with Crippen molar-refractivity contribution >= 4 is 40.3 Å². The summed E-state index contributed by atoms with van der Waals surface area (Å²) in [5.41, 5.74) is 2.05. The molecule has 9 heteroatoms. The van der Waals surface area contributed by atoms with Crippen molar-refractivity contribution in [3.63, 3.8) is 0 Å². The van der Waals surface area contributed by atoms with Gasteiger partial charge in [-0.3, -0.25) is 10.1 Å². The van der Waals surface area contributed by atoms with Crippen LogP contribution in [0.15, 0.2) is 41.8 Å². The van der Waals surface area contributed by atoms with Crippen LogP contribution in [-0.4, -0.2) is 23.1 Å². The number of benzene rings is 2. The van der Waals surface area contributed by atoms with Crippen molar-refractivity contribution in [2.45, 2.75) is 13.8 Å². The quantitative estimate of drug-likeness (QED) is 0.226. The molecule has 0 N–H and O–H groups in total. The molecule has 0 atom stereocenters. The maximum Gasteiger partial charge on any atom is 0.311 e. The van der Waals surface area contributed by atoms with E-state index < -0.39 is 4.92 Å². The van der Waals surface area contributed by atoms with Gasteiger partial charge >= 0.3 is 5.69 Å². The number of thiazole rings is 1. The van der Waals surface area contributed by atoms with Gasteiger partial charge in [0.15, 0.2) is 0 Å². The summed E-state index contributed by atoms with van der Waals surface area (Å²) in [6, 6.07) is 12.2. The number of hydrogen-bond donors (Lipinski definition) is 0. The summed E-state index contributed by atoms with van der Waals surface area (Å²) >= 11 is 7.24. The predicted octanol–water partition coefficient (Wildman–Crippen LogP) is 6.23. The van der Waals surface area contributed by atoms with Crippen LogP contribution in [0.25, 0.3) is 22.9 Å². The zero-order valence-corrected chi connectivity index (χ0v) is 18.4. The molecule has 0 radical (unpaired) electrons. The molecule has 0 saturated heterocycles. The molecule has 0 unspecified atom stereocenters. The molecule has 0 saturated carbocycles. The highest BCUT2D eigenvalue weighted by Gasteiger charge is 2.20. The molecular formula is C22H18ClN3O4S. The normalized spacial score (nSPS) is 11.1. The number of hydrogen-bond acceptors (Lipinski definition) is 7. The van der Waals surface area contributed by atoms with E-state index >= 15 is 0 Å². The van der Waals surface area contributed by atoms with Crippen molar-refractivity contribution < 1.29 is 14.4 Å². The van der Waals surface area contributed by atoms with Crippen molar-refractivity contribution in [1.29, 1.82) is 5.26 Å². The standard InChI is InChI=1S/C22H18ClN3O4S/c1-3-29-20-11-21(30-4-2)19(26(27)28)10-15(20)9-16(12-24)22-25-18(13-31-22)14-5-7-17(23)8-6-14/h5-11,13H,3-4H2,1-2H3/b16-9-. The number of rotatable bonds is 8. The molecule has 1 heterocycles. The van der Waals surface area contributed by atoms with E-state index in [2.05, 4.69) is 11.1 Å². The Labute approximate surface area is 188 Å². The second-order valence-electron chi connectivity index (χ2n) is 6.20. The third-order valence-corrected chi connectivity index (χ3v) is 5.31. The minimum absolute atomic E-state index is 0.117. The van der Waals surface area contributed by atoms with Crippen LogP contribution in [0.1, 0.15) is 24.4 Å². The molecule has 0 aliphatic carbocycles. The molecule has 3 rings (SSSR count). The van der Waals surface area contributed by atoms with Crippen molar-refractivity contribution in [3.8, 4) is 28.8 Å². The molecule has 0 amide bonds. The summed E-state index contributed by atoms with van der Waals surface area (Å²) in [5.74, 6) is 0.504. The number of nitrogens with zero attached hydrogens (tertiary/aromatic N) is 3. The Morgan fingerprint density at radius 1 is 1.23 bits per heavy atom. The Bertz CT molecular complexity index is 1170. The van der Waals surface area contributed by atoms with Gasteiger partial charge in [0.25, 0.3) is 0 Å². The Hall–Kier alpha value is -3.41. The van der Waals surface area contributed by atoms with Crippen LogP contribution in [0.3, 0.4) is 0 Å². The highest BCUT2D eigenvalue weighted by molar-refractivity contribution is 7.11. The number of nitriles is 1. The number of aromatic nitrogens is 1. The molecule has 158 valence electrons. The Morgan fingerprint density at radius 2 is 1.90 bits per heavy atom. The van der Waals surface area contributed by atoms with E-state index in [1.165, 1.54) is 29.5 Å². The van der Waals surface area contributed by atoms with Crippen LogP contribution in [0.5, 0.6) is 11.5 Å². The fourth-order valence-corrected chi connectivity index (χ4v) is 3.74. The van der Waals surface area contributed by atoms with Crippen molar-refractivity contribution in [2.75, 3.05) is 13.2 Å². The number of allylic oxidation sites excluding steroid dienone is 1. The first kappa shape index (κ1) is 22.3. The third-order valence-electron chi connectivity index (χ3n) is 4.18. The molecule has 3 aromatic rings. The second-order valence-corrected chi connectivity index (χ2v) is 7.49. The van der Waals surface area contributed by atoms with Gasteiger partial charge in [0.05, 0.1) is 29.4 Å². The lowest BCUT2D eigenvalue weighted by Crippen LogP contribution is -2.01. The maximum atomic E-state index is 11.5. The summed E-state index contributed by atoms with van der Waals surface area (Å²) in [4.78, 5) is 15.5. The lowest BCUT2D eigenvalue weighted by atomic mass is 10.1. The summed E-state index contributed by atoms with van der Waals surface area (Å²) in [6.45, 7) is 4.17. The van der Waals surface area contributed by atoms with Crippen molar-refractivity contribution in [3.05, 3.63) is 67.5 Å². The molecule has 31 heavy (non-hydrogen) atoms. The van der Waals surface area contributed by atoms with Crippen LogP contribution < -0.4 is 9.47 Å². The molecule has 0 bridgehead atoms. The number of nitro benzene ring substituents is 1. The van der Waals surface area contributed by atoms with Gasteiger partial charge in [0, 0.05) is 33.7 Å². The summed E-state index contributed by atoms with van der Waals surface area (Å²) < 4.78 is 11.0. The maximum absolute atomic E-state index is 11.5. The molecule has 1 aromatic heterocycles. The fraction of sp³-hybridized carbons (Fsp3) is 0.182. The Morgan fingerprint density at radius 3 is 2.52 bits per heavy atom. The first-order valence-corrected chi connectivity index (χ1v) is 10.6. The lowest BCUT2D eigenvalue weighted by Gasteiger charge is -2.11. The Kier molecular flexibility index (Phi) is 7.23. The zero-order valence-electron chi connectivity index (χ0n) is 16.8. The topological polar surface area (TPSA) is 98.3 Å². The van der Waals surface area contributed by atoms with Crippen LogP contribution >= 0.6 is 22.9 Å². The van der Waals surface area contributed by atoms with Gasteiger partial charge in [0.2, 0.25) is 5.75 Å². The molecular weight excluding hydrogens is 438 g/mol. The van der Waals surface area contributed by atoms with Crippen molar-refractivity contribution in [1.82, 2.24) is 4.98 Å².